The van der Waals surface area contributed by atoms with Crippen LogP contribution in [0.4, 0.5) is 0 Å². The minimum atomic E-state index is -0.512. The number of allylic oxidation sites excluding steroid dienone is 7. The minimum absolute atomic E-state index is 0.0676. The monoisotopic (exact) mass is 368 g/mol. The number of methoxy groups -OCH3 is 1. The highest BCUT2D eigenvalue weighted by Gasteiger charge is 2.28. The van der Waals surface area contributed by atoms with Gasteiger partial charge < -0.3 is 19.7 Å². The average Bonchev–Trinajstić information content (AvgIpc) is 2.62. The highest BCUT2D eigenvalue weighted by atomic mass is 16.5. The van der Waals surface area contributed by atoms with Crippen LogP contribution in [0.5, 0.6) is 17.2 Å². The van der Waals surface area contributed by atoms with Crippen molar-refractivity contribution in [3.05, 3.63) is 71.6 Å². The van der Waals surface area contributed by atoms with Crippen molar-refractivity contribution < 1.29 is 24.5 Å². The van der Waals surface area contributed by atoms with Gasteiger partial charge in [-0.05, 0) is 50.6 Å². The molecule has 0 unspecified atom stereocenters. The molecule has 0 aromatic heterocycles. The first-order valence-electron chi connectivity index (χ1n) is 8.51. The number of carbonyl (C=O) groups is 1. The van der Waals surface area contributed by atoms with Crippen molar-refractivity contribution in [1.82, 2.24) is 0 Å². The van der Waals surface area contributed by atoms with Crippen LogP contribution in [-0.2, 0) is 0 Å². The standard InChI is InChI=1S/C22H24O5/c1-5-7-15(8-6-13-23)9-10-17(24)20-19(26-4)14-18-16(21(20)25)11-12-22(2,3)27-18/h5-14,23,25H,1-4H3/b7-5-,10-9+,13-6+,15-8+. The Kier molecular flexibility index (Phi) is 6.29. The van der Waals surface area contributed by atoms with E-state index in [0.29, 0.717) is 16.9 Å². The van der Waals surface area contributed by atoms with E-state index in [4.69, 9.17) is 14.6 Å². The molecule has 2 N–H and O–H groups in total. The van der Waals surface area contributed by atoms with E-state index in [9.17, 15) is 9.90 Å². The molecule has 2 rings (SSSR count). The smallest absolute Gasteiger partial charge is 0.193 e. The van der Waals surface area contributed by atoms with Crippen LogP contribution in [0.2, 0.25) is 0 Å². The second-order valence-corrected chi connectivity index (χ2v) is 6.46. The van der Waals surface area contributed by atoms with Gasteiger partial charge in [0.1, 0.15) is 28.4 Å². The number of rotatable bonds is 6. The lowest BCUT2D eigenvalue weighted by Crippen LogP contribution is -2.27. The number of benzene rings is 1. The molecule has 1 heterocycles. The molecule has 5 nitrogen and oxygen atoms in total. The van der Waals surface area contributed by atoms with Gasteiger partial charge in [0.2, 0.25) is 0 Å². The van der Waals surface area contributed by atoms with E-state index >= 15 is 0 Å². The number of aliphatic hydroxyl groups is 1. The molecule has 0 bridgehead atoms. The van der Waals surface area contributed by atoms with Crippen LogP contribution in [0.3, 0.4) is 0 Å². The van der Waals surface area contributed by atoms with E-state index in [0.717, 1.165) is 6.26 Å². The molecule has 0 saturated carbocycles. The van der Waals surface area contributed by atoms with Crippen LogP contribution in [0.1, 0.15) is 36.7 Å². The molecular weight excluding hydrogens is 344 g/mol. The zero-order valence-corrected chi connectivity index (χ0v) is 15.9. The summed E-state index contributed by atoms with van der Waals surface area (Å²) in [7, 11) is 1.43. The Morgan fingerprint density at radius 2 is 2.00 bits per heavy atom. The highest BCUT2D eigenvalue weighted by Crippen LogP contribution is 2.43. The van der Waals surface area contributed by atoms with Gasteiger partial charge in [0, 0.05) is 6.07 Å². The van der Waals surface area contributed by atoms with Crippen LogP contribution in [0.25, 0.3) is 6.08 Å². The first-order chi connectivity index (χ1) is 12.8. The number of hydrogen-bond acceptors (Lipinski definition) is 5. The normalized spacial score (nSPS) is 16.1. The number of phenols is 1. The maximum atomic E-state index is 12.7. The molecule has 5 heteroatoms. The molecule has 142 valence electrons. The Morgan fingerprint density at radius 3 is 2.63 bits per heavy atom. The molecule has 27 heavy (non-hydrogen) atoms. The molecule has 1 aromatic carbocycles. The number of fused-ring (bicyclic) bond motifs is 1. The van der Waals surface area contributed by atoms with Crippen molar-refractivity contribution >= 4 is 11.9 Å². The first kappa shape index (κ1) is 20.1. The predicted molar refractivity (Wildman–Crippen MR) is 107 cm³/mol. The molecule has 0 atom stereocenters. The summed E-state index contributed by atoms with van der Waals surface area (Å²) in [5.41, 5.74) is 0.706. The quantitative estimate of drug-likeness (QED) is 0.323. The zero-order valence-electron chi connectivity index (χ0n) is 15.9. The van der Waals surface area contributed by atoms with Gasteiger partial charge in [-0.3, -0.25) is 4.79 Å². The van der Waals surface area contributed by atoms with Crippen LogP contribution >= 0.6 is 0 Å². The third-order valence-corrected chi connectivity index (χ3v) is 3.92. The predicted octanol–water partition coefficient (Wildman–Crippen LogP) is 4.90. The van der Waals surface area contributed by atoms with Crippen molar-refractivity contribution in [2.45, 2.75) is 26.4 Å². The average molecular weight is 368 g/mol. The summed E-state index contributed by atoms with van der Waals surface area (Å²) in [5.74, 6) is 0.102. The van der Waals surface area contributed by atoms with Crippen molar-refractivity contribution in [3.63, 3.8) is 0 Å². The topological polar surface area (TPSA) is 76.0 Å². The largest absolute Gasteiger partial charge is 0.516 e. The van der Waals surface area contributed by atoms with Gasteiger partial charge in [-0.2, -0.15) is 0 Å². The van der Waals surface area contributed by atoms with E-state index in [1.165, 1.54) is 19.3 Å². The maximum Gasteiger partial charge on any atom is 0.193 e. The molecule has 0 saturated heterocycles. The molecular formula is C22H24O5. The van der Waals surface area contributed by atoms with E-state index in [1.54, 1.807) is 30.4 Å². The fourth-order valence-corrected chi connectivity index (χ4v) is 2.65. The lowest BCUT2D eigenvalue weighted by Gasteiger charge is -2.29. The number of hydrogen-bond donors (Lipinski definition) is 2. The molecule has 0 fully saturated rings. The molecule has 1 aromatic rings. The Morgan fingerprint density at radius 1 is 1.26 bits per heavy atom. The van der Waals surface area contributed by atoms with E-state index in [2.05, 4.69) is 0 Å². The summed E-state index contributed by atoms with van der Waals surface area (Å²) in [6, 6.07) is 1.61. The zero-order chi connectivity index (χ0) is 20.0. The second kappa shape index (κ2) is 8.45. The summed E-state index contributed by atoms with van der Waals surface area (Å²) < 4.78 is 11.2. The Bertz CT molecular complexity index is 867. The molecule has 1 aliphatic heterocycles. The molecule has 0 spiro atoms. The van der Waals surface area contributed by atoms with Gasteiger partial charge in [-0.1, -0.05) is 24.3 Å². The number of aliphatic hydroxyl groups excluding tert-OH is 1. The number of ether oxygens (including phenoxy) is 2. The molecule has 0 radical (unpaired) electrons. The van der Waals surface area contributed by atoms with Crippen molar-refractivity contribution in [2.75, 3.05) is 7.11 Å². The summed E-state index contributed by atoms with van der Waals surface area (Å²) in [5, 5.41) is 19.4. The van der Waals surface area contributed by atoms with Crippen LogP contribution in [0, 0.1) is 0 Å². The maximum absolute atomic E-state index is 12.7. The minimum Gasteiger partial charge on any atom is -0.516 e. The number of ketones is 1. The fourth-order valence-electron chi connectivity index (χ4n) is 2.65. The number of carbonyl (C=O) groups excluding carboxylic acids is 1. The van der Waals surface area contributed by atoms with Gasteiger partial charge in [0.05, 0.1) is 18.9 Å². The van der Waals surface area contributed by atoms with Crippen LogP contribution in [-0.4, -0.2) is 28.7 Å². The summed E-state index contributed by atoms with van der Waals surface area (Å²) >= 11 is 0. The summed E-state index contributed by atoms with van der Waals surface area (Å²) in [6.45, 7) is 5.64. The molecule has 0 aliphatic carbocycles. The SMILES string of the molecule is C\C=C/C(/C=C/C(=O)c1c(OC)cc2c(c1O)C=CC(C)(C)O2)=C\C=C\O. The number of phenolic OH excluding ortho intramolecular Hbond substituents is 1. The lowest BCUT2D eigenvalue weighted by atomic mass is 9.97. The van der Waals surface area contributed by atoms with Crippen molar-refractivity contribution in [2.24, 2.45) is 0 Å². The van der Waals surface area contributed by atoms with Gasteiger partial charge in [-0.25, -0.2) is 0 Å². The Balaban J connectivity index is 2.46. The first-order valence-corrected chi connectivity index (χ1v) is 8.51. The van der Waals surface area contributed by atoms with Gasteiger partial charge in [0.15, 0.2) is 5.78 Å². The van der Waals surface area contributed by atoms with Crippen molar-refractivity contribution in [3.8, 4) is 17.2 Å². The third kappa shape index (κ3) is 4.70. The molecule has 0 amide bonds. The fraction of sp³-hybridized carbons (Fsp3) is 0.227. The second-order valence-electron chi connectivity index (χ2n) is 6.46. The summed E-state index contributed by atoms with van der Waals surface area (Å²) in [4.78, 5) is 12.7. The van der Waals surface area contributed by atoms with E-state index in [1.807, 2.05) is 32.9 Å². The Labute approximate surface area is 159 Å². The van der Waals surface area contributed by atoms with Gasteiger partial charge in [0.25, 0.3) is 0 Å². The van der Waals surface area contributed by atoms with Crippen LogP contribution in [0.15, 0.2) is 60.4 Å². The Hall–Kier alpha value is -3.21. The van der Waals surface area contributed by atoms with Gasteiger partial charge >= 0.3 is 0 Å². The van der Waals surface area contributed by atoms with Gasteiger partial charge in [-0.15, -0.1) is 0 Å². The van der Waals surface area contributed by atoms with Crippen LogP contribution < -0.4 is 9.47 Å². The van der Waals surface area contributed by atoms with E-state index in [-0.39, 0.29) is 17.1 Å². The highest BCUT2D eigenvalue weighted by molar-refractivity contribution is 6.10. The molecule has 1 aliphatic rings. The summed E-state index contributed by atoms with van der Waals surface area (Å²) in [6.07, 6.45) is 14.1. The van der Waals surface area contributed by atoms with E-state index < -0.39 is 11.4 Å². The lowest BCUT2D eigenvalue weighted by molar-refractivity contribution is 0.104. The third-order valence-electron chi connectivity index (χ3n) is 3.92. The van der Waals surface area contributed by atoms with Crippen molar-refractivity contribution in [1.29, 1.82) is 0 Å². The number of aromatic hydroxyl groups is 1.